The second-order valence-electron chi connectivity index (χ2n) is 4.65. The van der Waals surface area contributed by atoms with Crippen molar-refractivity contribution >= 4 is 34.9 Å². The van der Waals surface area contributed by atoms with Gasteiger partial charge in [0.1, 0.15) is 10.9 Å². The van der Waals surface area contributed by atoms with Crippen LogP contribution in [0.25, 0.3) is 0 Å². The topological polar surface area (TPSA) is 122 Å². The minimum atomic E-state index is -1.11. The minimum absolute atomic E-state index is 0.0423. The number of thiophene rings is 1. The largest absolute Gasteiger partial charge is 0.477 e. The molecule has 0 saturated heterocycles. The normalized spacial score (nSPS) is 11.9. The van der Waals surface area contributed by atoms with Crippen molar-refractivity contribution in [2.24, 2.45) is 11.7 Å². The van der Waals surface area contributed by atoms with E-state index in [2.05, 4.69) is 10.6 Å². The van der Waals surface area contributed by atoms with Crippen LogP contribution in [0.1, 0.15) is 29.9 Å². The van der Waals surface area contributed by atoms with E-state index in [0.717, 1.165) is 11.3 Å². The van der Waals surface area contributed by atoms with Gasteiger partial charge in [-0.2, -0.15) is 0 Å². The number of anilines is 1. The van der Waals surface area contributed by atoms with Crippen LogP contribution in [0.15, 0.2) is 11.4 Å². The van der Waals surface area contributed by atoms with Crippen molar-refractivity contribution in [2.75, 3.05) is 5.32 Å². The molecular weight excluding hydrogens is 282 g/mol. The number of nitrogens with one attached hydrogen (secondary N) is 2. The highest BCUT2D eigenvalue weighted by atomic mass is 32.1. The third-order valence-corrected chi connectivity index (χ3v) is 3.36. The molecular formula is C12H17N3O4S. The molecule has 20 heavy (non-hydrogen) atoms. The van der Waals surface area contributed by atoms with Crippen molar-refractivity contribution in [1.29, 1.82) is 0 Å². The molecule has 0 aliphatic rings. The minimum Gasteiger partial charge on any atom is -0.477 e. The Morgan fingerprint density at radius 3 is 2.55 bits per heavy atom. The van der Waals surface area contributed by atoms with Crippen LogP contribution in [-0.2, 0) is 4.79 Å². The standard InChI is InChI=1S/C12H17N3O4S/c1-6(2)5-8(15-12(13)19)10(16)14-7-3-4-20-9(7)11(17)18/h3-4,6,8H,5H2,1-2H3,(H,14,16)(H,17,18)(H3,13,15,19). The summed E-state index contributed by atoms with van der Waals surface area (Å²) in [5.41, 5.74) is 5.25. The Kier molecular flexibility index (Phi) is 5.51. The van der Waals surface area contributed by atoms with Crippen LogP contribution in [0.4, 0.5) is 10.5 Å². The molecule has 0 bridgehead atoms. The Hall–Kier alpha value is -2.09. The fraction of sp³-hybridized carbons (Fsp3) is 0.417. The van der Waals surface area contributed by atoms with Crippen LogP contribution in [-0.4, -0.2) is 29.1 Å². The molecule has 1 unspecified atom stereocenters. The summed E-state index contributed by atoms with van der Waals surface area (Å²) in [4.78, 5) is 34.0. The van der Waals surface area contributed by atoms with Crippen molar-refractivity contribution in [3.63, 3.8) is 0 Å². The van der Waals surface area contributed by atoms with Gasteiger partial charge in [-0.25, -0.2) is 9.59 Å². The molecule has 1 rings (SSSR count). The molecule has 1 heterocycles. The smallest absolute Gasteiger partial charge is 0.348 e. The highest BCUT2D eigenvalue weighted by Crippen LogP contribution is 2.22. The molecule has 0 aliphatic heterocycles. The highest BCUT2D eigenvalue weighted by Gasteiger charge is 2.23. The second-order valence-corrected chi connectivity index (χ2v) is 5.56. The van der Waals surface area contributed by atoms with E-state index < -0.39 is 23.9 Å². The molecule has 0 radical (unpaired) electrons. The van der Waals surface area contributed by atoms with E-state index in [1.807, 2.05) is 13.8 Å². The zero-order valence-corrected chi connectivity index (χ0v) is 12.0. The Labute approximate surface area is 120 Å². The van der Waals surface area contributed by atoms with Crippen molar-refractivity contribution < 1.29 is 19.5 Å². The molecule has 7 nitrogen and oxygen atoms in total. The van der Waals surface area contributed by atoms with Crippen molar-refractivity contribution in [3.05, 3.63) is 16.3 Å². The lowest BCUT2D eigenvalue weighted by Gasteiger charge is -2.18. The van der Waals surface area contributed by atoms with Crippen LogP contribution >= 0.6 is 11.3 Å². The van der Waals surface area contributed by atoms with Gasteiger partial charge in [0.05, 0.1) is 5.69 Å². The van der Waals surface area contributed by atoms with Crippen LogP contribution in [0, 0.1) is 5.92 Å². The van der Waals surface area contributed by atoms with Crippen LogP contribution in [0.5, 0.6) is 0 Å². The molecule has 110 valence electrons. The fourth-order valence-corrected chi connectivity index (χ4v) is 2.35. The summed E-state index contributed by atoms with van der Waals surface area (Å²) >= 11 is 1.01. The van der Waals surface area contributed by atoms with E-state index in [1.165, 1.54) is 6.07 Å². The lowest BCUT2D eigenvalue weighted by molar-refractivity contribution is -0.118. The maximum atomic E-state index is 12.1. The maximum absolute atomic E-state index is 12.1. The molecule has 0 aliphatic carbocycles. The number of primary amides is 1. The average molecular weight is 299 g/mol. The number of carbonyl (C=O) groups is 3. The van der Waals surface area contributed by atoms with Crippen molar-refractivity contribution in [3.8, 4) is 0 Å². The molecule has 1 atom stereocenters. The molecule has 1 aromatic rings. The number of rotatable bonds is 6. The van der Waals surface area contributed by atoms with Crippen LogP contribution < -0.4 is 16.4 Å². The Balaban J connectivity index is 2.81. The van der Waals surface area contributed by atoms with Crippen LogP contribution in [0.3, 0.4) is 0 Å². The number of nitrogens with two attached hydrogens (primary N) is 1. The molecule has 8 heteroatoms. The summed E-state index contributed by atoms with van der Waals surface area (Å²) in [5.74, 6) is -1.43. The summed E-state index contributed by atoms with van der Waals surface area (Å²) < 4.78 is 0. The Morgan fingerprint density at radius 1 is 1.40 bits per heavy atom. The Morgan fingerprint density at radius 2 is 2.05 bits per heavy atom. The van der Waals surface area contributed by atoms with Gasteiger partial charge in [-0.15, -0.1) is 11.3 Å². The fourth-order valence-electron chi connectivity index (χ4n) is 1.67. The lowest BCUT2D eigenvalue weighted by Crippen LogP contribution is -2.46. The maximum Gasteiger partial charge on any atom is 0.348 e. The van der Waals surface area contributed by atoms with Gasteiger partial charge >= 0.3 is 12.0 Å². The van der Waals surface area contributed by atoms with E-state index in [4.69, 9.17) is 10.8 Å². The summed E-state index contributed by atoms with van der Waals surface area (Å²) in [6, 6.07) is -0.0912. The van der Waals surface area contributed by atoms with Gasteiger partial charge < -0.3 is 21.5 Å². The van der Waals surface area contributed by atoms with Crippen LogP contribution in [0.2, 0.25) is 0 Å². The van der Waals surface area contributed by atoms with Gasteiger partial charge in [0.25, 0.3) is 0 Å². The van der Waals surface area contributed by atoms with E-state index in [9.17, 15) is 14.4 Å². The van der Waals surface area contributed by atoms with Gasteiger partial charge in [0.15, 0.2) is 0 Å². The lowest BCUT2D eigenvalue weighted by atomic mass is 10.0. The first-order valence-corrected chi connectivity index (χ1v) is 6.86. The van der Waals surface area contributed by atoms with Gasteiger partial charge in [0, 0.05) is 0 Å². The second kappa shape index (κ2) is 6.90. The van der Waals surface area contributed by atoms with Crippen molar-refractivity contribution in [2.45, 2.75) is 26.3 Å². The van der Waals surface area contributed by atoms with Gasteiger partial charge in [0.2, 0.25) is 5.91 Å². The van der Waals surface area contributed by atoms with Gasteiger partial charge in [-0.05, 0) is 23.8 Å². The number of carbonyl (C=O) groups excluding carboxylic acids is 2. The summed E-state index contributed by atoms with van der Waals surface area (Å²) in [7, 11) is 0. The molecule has 0 aromatic carbocycles. The predicted molar refractivity (Wildman–Crippen MR) is 75.9 cm³/mol. The summed E-state index contributed by atoms with van der Waals surface area (Å²) in [6.45, 7) is 3.80. The molecule has 1 aromatic heterocycles. The number of aromatic carboxylic acids is 1. The van der Waals surface area contributed by atoms with E-state index in [0.29, 0.717) is 6.42 Å². The number of carboxylic acids is 1. The third kappa shape index (κ3) is 4.54. The van der Waals surface area contributed by atoms with E-state index in [-0.39, 0.29) is 16.5 Å². The quantitative estimate of drug-likeness (QED) is 0.635. The first kappa shape index (κ1) is 16.0. The van der Waals surface area contributed by atoms with Crippen molar-refractivity contribution in [1.82, 2.24) is 5.32 Å². The molecule has 0 fully saturated rings. The third-order valence-electron chi connectivity index (χ3n) is 2.46. The summed E-state index contributed by atoms with van der Waals surface area (Å²) in [6.07, 6.45) is 0.404. The van der Waals surface area contributed by atoms with Gasteiger partial charge in [-0.3, -0.25) is 4.79 Å². The van der Waals surface area contributed by atoms with E-state index in [1.54, 1.807) is 5.38 Å². The zero-order valence-electron chi connectivity index (χ0n) is 11.2. The monoisotopic (exact) mass is 299 g/mol. The molecule has 5 N–H and O–H groups in total. The number of amides is 3. The van der Waals surface area contributed by atoms with Gasteiger partial charge in [-0.1, -0.05) is 13.8 Å². The average Bonchev–Trinajstić information content (AvgIpc) is 2.74. The SMILES string of the molecule is CC(C)CC(NC(N)=O)C(=O)Nc1ccsc1C(=O)O. The first-order chi connectivity index (χ1) is 9.31. The number of hydrogen-bond donors (Lipinski definition) is 4. The zero-order chi connectivity index (χ0) is 15.3. The summed E-state index contributed by atoms with van der Waals surface area (Å²) in [5, 5.41) is 15.4. The molecule has 0 spiro atoms. The number of carboxylic acid groups (broad SMARTS) is 1. The molecule has 0 saturated carbocycles. The highest BCUT2D eigenvalue weighted by molar-refractivity contribution is 7.12. The van der Waals surface area contributed by atoms with E-state index >= 15 is 0 Å². The number of urea groups is 1. The number of hydrogen-bond acceptors (Lipinski definition) is 4. The Bertz CT molecular complexity index is 513. The first-order valence-electron chi connectivity index (χ1n) is 5.99. The predicted octanol–water partition coefficient (Wildman–Crippen LogP) is 1.47. The molecule has 3 amide bonds.